The molecule has 0 unspecified atom stereocenters. The van der Waals surface area contributed by atoms with Crippen molar-refractivity contribution in [2.45, 2.75) is 19.7 Å². The predicted molar refractivity (Wildman–Crippen MR) is 131 cm³/mol. The SMILES string of the molecule is Cc1ccc(CCl)cc1NC(=O)c1ccc(Nc2ncc(C)c(-c3ccccc3)n2)cc1. The lowest BCUT2D eigenvalue weighted by atomic mass is 10.1. The number of hydrogen-bond donors (Lipinski definition) is 2. The lowest BCUT2D eigenvalue weighted by molar-refractivity contribution is 0.102. The van der Waals surface area contributed by atoms with Crippen LogP contribution in [0.3, 0.4) is 0 Å². The number of amides is 1. The number of carbonyl (C=O) groups excluding carboxylic acids is 1. The fourth-order valence-corrected chi connectivity index (χ4v) is 3.47. The highest BCUT2D eigenvalue weighted by molar-refractivity contribution is 6.17. The van der Waals surface area contributed by atoms with E-state index in [4.69, 9.17) is 11.6 Å². The molecular formula is C26H23ClN4O. The van der Waals surface area contributed by atoms with E-state index in [0.29, 0.717) is 17.4 Å². The number of benzene rings is 3. The van der Waals surface area contributed by atoms with E-state index in [1.165, 1.54) is 0 Å². The number of halogens is 1. The van der Waals surface area contributed by atoms with E-state index in [-0.39, 0.29) is 5.91 Å². The molecule has 1 amide bonds. The van der Waals surface area contributed by atoms with Crippen molar-refractivity contribution in [1.82, 2.24) is 9.97 Å². The molecule has 160 valence electrons. The molecule has 0 fully saturated rings. The van der Waals surface area contributed by atoms with E-state index in [9.17, 15) is 4.79 Å². The molecule has 3 aromatic carbocycles. The Morgan fingerprint density at radius 2 is 1.69 bits per heavy atom. The third kappa shape index (κ3) is 4.95. The zero-order valence-electron chi connectivity index (χ0n) is 17.9. The zero-order valence-corrected chi connectivity index (χ0v) is 18.6. The number of aromatic nitrogens is 2. The van der Waals surface area contributed by atoms with E-state index >= 15 is 0 Å². The number of hydrogen-bond acceptors (Lipinski definition) is 4. The second kappa shape index (κ2) is 9.62. The molecule has 6 heteroatoms. The quantitative estimate of drug-likeness (QED) is 0.334. The van der Waals surface area contributed by atoms with Gasteiger partial charge in [-0.15, -0.1) is 11.6 Å². The van der Waals surface area contributed by atoms with Crippen molar-refractivity contribution < 1.29 is 4.79 Å². The van der Waals surface area contributed by atoms with Crippen molar-refractivity contribution in [3.8, 4) is 11.3 Å². The Morgan fingerprint density at radius 1 is 0.938 bits per heavy atom. The van der Waals surface area contributed by atoms with E-state index in [0.717, 1.165) is 39.3 Å². The topological polar surface area (TPSA) is 66.9 Å². The van der Waals surface area contributed by atoms with E-state index < -0.39 is 0 Å². The van der Waals surface area contributed by atoms with Crippen LogP contribution in [-0.2, 0) is 5.88 Å². The maximum atomic E-state index is 12.7. The summed E-state index contributed by atoms with van der Waals surface area (Å²) in [5.74, 6) is 0.723. The first-order chi connectivity index (χ1) is 15.5. The third-order valence-electron chi connectivity index (χ3n) is 5.13. The van der Waals surface area contributed by atoms with E-state index in [2.05, 4.69) is 20.6 Å². The molecule has 0 bridgehead atoms. The van der Waals surface area contributed by atoms with Crippen LogP contribution in [-0.4, -0.2) is 15.9 Å². The Kier molecular flexibility index (Phi) is 6.47. The zero-order chi connectivity index (χ0) is 22.5. The van der Waals surface area contributed by atoms with Gasteiger partial charge in [-0.05, 0) is 60.9 Å². The molecule has 0 radical (unpaired) electrons. The van der Waals surface area contributed by atoms with Gasteiger partial charge in [0.15, 0.2) is 0 Å². The van der Waals surface area contributed by atoms with Crippen LogP contribution in [0.5, 0.6) is 0 Å². The first-order valence-electron chi connectivity index (χ1n) is 10.3. The van der Waals surface area contributed by atoms with Crippen LogP contribution in [0.25, 0.3) is 11.3 Å². The summed E-state index contributed by atoms with van der Waals surface area (Å²) in [5.41, 5.74) is 6.98. The number of nitrogens with one attached hydrogen (secondary N) is 2. The van der Waals surface area contributed by atoms with Crippen molar-refractivity contribution in [1.29, 1.82) is 0 Å². The molecule has 0 aliphatic heterocycles. The van der Waals surface area contributed by atoms with Gasteiger partial charge in [-0.3, -0.25) is 4.79 Å². The Bertz CT molecular complexity index is 1240. The smallest absolute Gasteiger partial charge is 0.255 e. The number of aryl methyl sites for hydroxylation is 2. The molecule has 4 rings (SSSR count). The van der Waals surface area contributed by atoms with E-state index in [1.54, 1.807) is 18.3 Å². The Morgan fingerprint density at radius 3 is 2.41 bits per heavy atom. The van der Waals surface area contributed by atoms with Gasteiger partial charge in [0.25, 0.3) is 5.91 Å². The summed E-state index contributed by atoms with van der Waals surface area (Å²) in [4.78, 5) is 21.7. The third-order valence-corrected chi connectivity index (χ3v) is 5.44. The standard InChI is InChI=1S/C26H23ClN4O/c1-17-8-9-19(15-27)14-23(17)30-25(32)21-10-12-22(13-11-21)29-26-28-16-18(2)24(31-26)20-6-4-3-5-7-20/h3-14,16H,15H2,1-2H3,(H,30,32)(H,28,29,31). The van der Waals surface area contributed by atoms with Gasteiger partial charge in [-0.1, -0.05) is 42.5 Å². The summed E-state index contributed by atoms with van der Waals surface area (Å²) in [5, 5.41) is 6.17. The molecule has 1 heterocycles. The number of anilines is 3. The van der Waals surface area contributed by atoms with Crippen LogP contribution in [0.1, 0.15) is 27.0 Å². The highest BCUT2D eigenvalue weighted by Crippen LogP contribution is 2.23. The maximum absolute atomic E-state index is 12.7. The van der Waals surface area contributed by atoms with Gasteiger partial charge in [0.2, 0.25) is 5.95 Å². The van der Waals surface area contributed by atoms with Crippen LogP contribution < -0.4 is 10.6 Å². The number of rotatable bonds is 6. The van der Waals surface area contributed by atoms with Gasteiger partial charge in [-0.25, -0.2) is 9.97 Å². The highest BCUT2D eigenvalue weighted by atomic mass is 35.5. The molecule has 2 N–H and O–H groups in total. The van der Waals surface area contributed by atoms with Crippen molar-refractivity contribution in [3.05, 3.63) is 101 Å². The van der Waals surface area contributed by atoms with Gasteiger partial charge >= 0.3 is 0 Å². The summed E-state index contributed by atoms with van der Waals surface area (Å²) in [6.45, 7) is 3.94. The Hall–Kier alpha value is -3.70. The minimum Gasteiger partial charge on any atom is -0.324 e. The minimum absolute atomic E-state index is 0.177. The second-order valence-corrected chi connectivity index (χ2v) is 7.80. The molecule has 4 aromatic rings. The summed E-state index contributed by atoms with van der Waals surface area (Å²) in [6, 6.07) is 23.0. The van der Waals surface area contributed by atoms with Crippen molar-refractivity contribution in [3.63, 3.8) is 0 Å². The van der Waals surface area contributed by atoms with Crippen LogP contribution in [0.2, 0.25) is 0 Å². The average molecular weight is 443 g/mol. The molecule has 0 saturated heterocycles. The van der Waals surface area contributed by atoms with Crippen LogP contribution in [0.4, 0.5) is 17.3 Å². The summed E-state index contributed by atoms with van der Waals surface area (Å²) < 4.78 is 0. The van der Waals surface area contributed by atoms with E-state index in [1.807, 2.05) is 74.5 Å². The Balaban J connectivity index is 1.48. The molecule has 5 nitrogen and oxygen atoms in total. The van der Waals surface area contributed by atoms with Crippen LogP contribution >= 0.6 is 11.6 Å². The normalized spacial score (nSPS) is 10.6. The Labute approximate surface area is 192 Å². The predicted octanol–water partition coefficient (Wildman–Crippen LogP) is 6.50. The molecule has 0 saturated carbocycles. The fourth-order valence-electron chi connectivity index (χ4n) is 3.31. The van der Waals surface area contributed by atoms with Gasteiger partial charge in [0, 0.05) is 34.6 Å². The number of carbonyl (C=O) groups is 1. The van der Waals surface area contributed by atoms with Gasteiger partial charge < -0.3 is 10.6 Å². The molecule has 0 atom stereocenters. The van der Waals surface area contributed by atoms with Gasteiger partial charge in [0.05, 0.1) is 5.69 Å². The highest BCUT2D eigenvalue weighted by Gasteiger charge is 2.10. The van der Waals surface area contributed by atoms with Crippen molar-refractivity contribution in [2.24, 2.45) is 0 Å². The largest absolute Gasteiger partial charge is 0.324 e. The number of nitrogens with zero attached hydrogens (tertiary/aromatic N) is 2. The van der Waals surface area contributed by atoms with Crippen LogP contribution in [0, 0.1) is 13.8 Å². The monoisotopic (exact) mass is 442 g/mol. The summed E-state index contributed by atoms with van der Waals surface area (Å²) in [7, 11) is 0. The van der Waals surface area contributed by atoms with Gasteiger partial charge in [-0.2, -0.15) is 0 Å². The second-order valence-electron chi connectivity index (χ2n) is 7.53. The van der Waals surface area contributed by atoms with Crippen molar-refractivity contribution in [2.75, 3.05) is 10.6 Å². The first-order valence-corrected chi connectivity index (χ1v) is 10.8. The lowest BCUT2D eigenvalue weighted by Gasteiger charge is -2.11. The fraction of sp³-hybridized carbons (Fsp3) is 0.115. The molecule has 32 heavy (non-hydrogen) atoms. The average Bonchev–Trinajstić information content (AvgIpc) is 2.82. The first kappa shape index (κ1) is 21.5. The maximum Gasteiger partial charge on any atom is 0.255 e. The van der Waals surface area contributed by atoms with Crippen LogP contribution in [0.15, 0.2) is 79.0 Å². The minimum atomic E-state index is -0.177. The van der Waals surface area contributed by atoms with Crippen molar-refractivity contribution >= 4 is 34.8 Å². The summed E-state index contributed by atoms with van der Waals surface area (Å²) in [6.07, 6.45) is 1.80. The lowest BCUT2D eigenvalue weighted by Crippen LogP contribution is -2.13. The molecule has 1 aromatic heterocycles. The summed E-state index contributed by atoms with van der Waals surface area (Å²) >= 11 is 5.91. The number of alkyl halides is 1. The molecule has 0 spiro atoms. The molecule has 0 aliphatic carbocycles. The molecular weight excluding hydrogens is 420 g/mol. The van der Waals surface area contributed by atoms with Gasteiger partial charge in [0.1, 0.15) is 0 Å². The molecule has 0 aliphatic rings.